The number of anilines is 2. The Morgan fingerprint density at radius 3 is 2.54 bits per heavy atom. The van der Waals surface area contributed by atoms with Gasteiger partial charge in [-0.05, 0) is 51.1 Å². The Balaban J connectivity index is 1.40. The fourth-order valence-electron chi connectivity index (χ4n) is 4.63. The number of rotatable bonds is 9. The summed E-state index contributed by atoms with van der Waals surface area (Å²) in [5.74, 6) is 0.496. The minimum absolute atomic E-state index is 0.167. The second-order valence-corrected chi connectivity index (χ2v) is 12.2. The van der Waals surface area contributed by atoms with Gasteiger partial charge in [0.25, 0.3) is 5.56 Å². The highest BCUT2D eigenvalue weighted by Crippen LogP contribution is 2.32. The fraction of sp³-hybridized carbons (Fsp3) is 0.500. The summed E-state index contributed by atoms with van der Waals surface area (Å²) < 4.78 is 26.9. The van der Waals surface area contributed by atoms with Crippen molar-refractivity contribution in [2.24, 2.45) is 7.05 Å². The number of hydrogen-bond donors (Lipinski definition) is 2. The third kappa shape index (κ3) is 5.94. The van der Waals surface area contributed by atoms with Crippen molar-refractivity contribution in [2.45, 2.75) is 30.2 Å². The number of nitrogens with zero attached hydrogens (tertiary/aromatic N) is 5. The zero-order chi connectivity index (χ0) is 26.2. The van der Waals surface area contributed by atoms with Gasteiger partial charge in [-0.3, -0.25) is 4.79 Å². The number of nitrogens with one attached hydrogen (secondary N) is 2. The molecule has 0 unspecified atom stereocenters. The molecule has 0 atom stereocenters. The molecule has 2 fully saturated rings. The molecule has 0 bridgehead atoms. The molecule has 1 saturated heterocycles. The molecule has 5 rings (SSSR count). The van der Waals surface area contributed by atoms with Crippen molar-refractivity contribution < 1.29 is 8.42 Å². The Morgan fingerprint density at radius 2 is 1.84 bits per heavy atom. The summed E-state index contributed by atoms with van der Waals surface area (Å²) in [6.45, 7) is 5.96. The maximum absolute atomic E-state index is 12.8. The van der Waals surface area contributed by atoms with Crippen LogP contribution >= 0.6 is 0 Å². The maximum atomic E-state index is 12.8. The van der Waals surface area contributed by atoms with Crippen molar-refractivity contribution in [1.82, 2.24) is 24.3 Å². The van der Waals surface area contributed by atoms with Crippen LogP contribution in [0.1, 0.15) is 19.3 Å². The van der Waals surface area contributed by atoms with Gasteiger partial charge >= 0.3 is 0 Å². The zero-order valence-electron chi connectivity index (χ0n) is 21.7. The summed E-state index contributed by atoms with van der Waals surface area (Å²) >= 11 is 0. The Morgan fingerprint density at radius 1 is 1.08 bits per heavy atom. The summed E-state index contributed by atoms with van der Waals surface area (Å²) in [5.41, 5.74) is 2.19. The van der Waals surface area contributed by atoms with Gasteiger partial charge in [-0.2, -0.15) is 0 Å². The lowest BCUT2D eigenvalue weighted by atomic mass is 10.1. The highest BCUT2D eigenvalue weighted by molar-refractivity contribution is 7.90. The van der Waals surface area contributed by atoms with Gasteiger partial charge in [0.05, 0.1) is 28.1 Å². The minimum Gasteiger partial charge on any atom is -0.384 e. The molecular weight excluding hydrogens is 490 g/mol. The first kappa shape index (κ1) is 25.6. The number of piperazine rings is 1. The predicted molar refractivity (Wildman–Crippen MR) is 147 cm³/mol. The molecule has 3 aromatic rings. The molecule has 0 radical (unpaired) electrons. The number of likely N-dealkylation sites (N-methyl/N-ethyl adjacent to an activating group) is 1. The minimum atomic E-state index is -3.49. The molecule has 11 heteroatoms. The molecule has 1 aliphatic heterocycles. The van der Waals surface area contributed by atoms with Gasteiger partial charge in [0.2, 0.25) is 0 Å². The third-order valence-electron chi connectivity index (χ3n) is 7.06. The van der Waals surface area contributed by atoms with E-state index in [1.54, 1.807) is 25.2 Å². The van der Waals surface area contributed by atoms with E-state index in [1.165, 1.54) is 17.2 Å². The van der Waals surface area contributed by atoms with Gasteiger partial charge in [0.15, 0.2) is 9.84 Å². The molecule has 10 nitrogen and oxygen atoms in total. The number of benzene rings is 1. The average Bonchev–Trinajstić information content (AvgIpc) is 3.68. The molecule has 1 saturated carbocycles. The zero-order valence-corrected chi connectivity index (χ0v) is 22.5. The summed E-state index contributed by atoms with van der Waals surface area (Å²) in [6, 6.07) is 7.37. The van der Waals surface area contributed by atoms with Gasteiger partial charge in [-0.25, -0.2) is 18.4 Å². The van der Waals surface area contributed by atoms with Crippen molar-refractivity contribution in [3.05, 3.63) is 40.9 Å². The van der Waals surface area contributed by atoms with E-state index in [0.717, 1.165) is 52.0 Å². The van der Waals surface area contributed by atoms with Crippen LogP contribution in [0.15, 0.2) is 40.3 Å². The van der Waals surface area contributed by atoms with E-state index in [2.05, 4.69) is 32.5 Å². The quantitative estimate of drug-likeness (QED) is 0.405. The molecule has 37 heavy (non-hydrogen) atoms. The van der Waals surface area contributed by atoms with Crippen LogP contribution in [0.2, 0.25) is 0 Å². The monoisotopic (exact) mass is 525 g/mol. The van der Waals surface area contributed by atoms with E-state index in [-0.39, 0.29) is 10.5 Å². The van der Waals surface area contributed by atoms with Crippen molar-refractivity contribution in [3.8, 4) is 11.3 Å². The average molecular weight is 526 g/mol. The SMILES string of the molecule is CN1CCN(CCCNc2ccc(-c3cc4ncn(C)c(=O)c4c(NC4CC4)n3)cc2S(C)(=O)=O)CC1. The molecule has 0 spiro atoms. The molecular formula is C26H35N7O3S. The first-order valence-electron chi connectivity index (χ1n) is 12.8. The molecule has 2 aliphatic rings. The maximum Gasteiger partial charge on any atom is 0.264 e. The topological polar surface area (TPSA) is 112 Å². The van der Waals surface area contributed by atoms with Crippen molar-refractivity contribution in [2.75, 3.05) is 63.2 Å². The summed E-state index contributed by atoms with van der Waals surface area (Å²) in [7, 11) is 0.317. The Hall–Kier alpha value is -3.02. The van der Waals surface area contributed by atoms with Crippen LogP contribution in [0.25, 0.3) is 22.2 Å². The second kappa shape index (κ2) is 10.4. The molecule has 2 aromatic heterocycles. The summed E-state index contributed by atoms with van der Waals surface area (Å²) in [5, 5.41) is 7.13. The van der Waals surface area contributed by atoms with Gasteiger partial charge in [0, 0.05) is 57.6 Å². The molecule has 1 aliphatic carbocycles. The standard InChI is InChI=1S/C26H35N7O3S/c1-31-11-13-33(14-12-31)10-4-9-27-20-8-5-18(15-23(20)37(3,35)36)21-16-22-24(26(34)32(2)17-28-22)25(30-21)29-19-6-7-19/h5,8,15-17,19,27H,4,6-7,9-14H2,1-3H3,(H,29,30). The van der Waals surface area contributed by atoms with Gasteiger partial charge in [0.1, 0.15) is 11.2 Å². The number of aryl methyl sites for hydroxylation is 1. The Labute approximate surface area is 217 Å². The van der Waals surface area contributed by atoms with E-state index in [9.17, 15) is 13.2 Å². The fourth-order valence-corrected chi connectivity index (χ4v) is 5.51. The number of hydrogen-bond acceptors (Lipinski definition) is 9. The van der Waals surface area contributed by atoms with Crippen LogP contribution in [0, 0.1) is 0 Å². The summed E-state index contributed by atoms with van der Waals surface area (Å²) in [4.78, 5) is 27.0. The number of aromatic nitrogens is 3. The van der Waals surface area contributed by atoms with Gasteiger partial charge in [-0.1, -0.05) is 6.07 Å². The first-order chi connectivity index (χ1) is 17.7. The Bertz CT molecular complexity index is 1460. The lowest BCUT2D eigenvalue weighted by Crippen LogP contribution is -2.44. The normalized spacial score (nSPS) is 17.3. The van der Waals surface area contributed by atoms with Crippen molar-refractivity contribution in [1.29, 1.82) is 0 Å². The van der Waals surface area contributed by atoms with Crippen LogP contribution in [0.4, 0.5) is 11.5 Å². The van der Waals surface area contributed by atoms with E-state index in [4.69, 9.17) is 4.98 Å². The molecule has 198 valence electrons. The lowest BCUT2D eigenvalue weighted by molar-refractivity contribution is 0.154. The van der Waals surface area contributed by atoms with Crippen molar-refractivity contribution in [3.63, 3.8) is 0 Å². The lowest BCUT2D eigenvalue weighted by Gasteiger charge is -2.32. The second-order valence-electron chi connectivity index (χ2n) is 10.2. The number of pyridine rings is 1. The van der Waals surface area contributed by atoms with E-state index >= 15 is 0 Å². The van der Waals surface area contributed by atoms with E-state index in [0.29, 0.717) is 46.3 Å². The van der Waals surface area contributed by atoms with Crippen LogP contribution in [-0.4, -0.2) is 91.4 Å². The van der Waals surface area contributed by atoms with Gasteiger partial charge < -0.3 is 25.0 Å². The number of sulfone groups is 1. The smallest absolute Gasteiger partial charge is 0.264 e. The highest BCUT2D eigenvalue weighted by Gasteiger charge is 2.24. The summed E-state index contributed by atoms with van der Waals surface area (Å²) in [6.07, 6.45) is 5.70. The first-order valence-corrected chi connectivity index (χ1v) is 14.7. The largest absolute Gasteiger partial charge is 0.384 e. The number of fused-ring (bicyclic) bond motifs is 1. The molecule has 3 heterocycles. The van der Waals surface area contributed by atoms with Crippen LogP contribution in [0.3, 0.4) is 0 Å². The van der Waals surface area contributed by atoms with Gasteiger partial charge in [-0.15, -0.1) is 0 Å². The van der Waals surface area contributed by atoms with Crippen LogP contribution in [0.5, 0.6) is 0 Å². The molecule has 1 aromatic carbocycles. The van der Waals surface area contributed by atoms with Crippen LogP contribution in [-0.2, 0) is 16.9 Å². The van der Waals surface area contributed by atoms with E-state index < -0.39 is 9.84 Å². The highest BCUT2D eigenvalue weighted by atomic mass is 32.2. The third-order valence-corrected chi connectivity index (χ3v) is 8.20. The van der Waals surface area contributed by atoms with Crippen molar-refractivity contribution >= 4 is 32.2 Å². The Kier molecular flexibility index (Phi) is 7.19. The van der Waals surface area contributed by atoms with Crippen LogP contribution < -0.4 is 16.2 Å². The predicted octanol–water partition coefficient (Wildman–Crippen LogP) is 2.02. The molecule has 2 N–H and O–H groups in total. The molecule has 0 amide bonds. The van der Waals surface area contributed by atoms with E-state index in [1.807, 2.05) is 6.07 Å².